The molecule has 1 aromatic carbocycles. The van der Waals surface area contributed by atoms with E-state index in [0.29, 0.717) is 12.3 Å². The third-order valence-electron chi connectivity index (χ3n) is 5.48. The molecule has 0 N–H and O–H groups in total. The molecule has 0 radical (unpaired) electrons. The van der Waals surface area contributed by atoms with Crippen molar-refractivity contribution < 1.29 is 23.8 Å². The Kier molecular flexibility index (Phi) is 3.20. The van der Waals surface area contributed by atoms with Crippen LogP contribution in [0.5, 0.6) is 0 Å². The van der Waals surface area contributed by atoms with Gasteiger partial charge in [0.05, 0.1) is 43.4 Å². The number of carbonyl (C=O) groups is 2. The molecule has 1 aromatic rings. The van der Waals surface area contributed by atoms with Crippen LogP contribution in [0.4, 0.5) is 5.69 Å². The van der Waals surface area contributed by atoms with E-state index >= 15 is 0 Å². The van der Waals surface area contributed by atoms with Gasteiger partial charge in [0, 0.05) is 0 Å². The molecule has 0 aliphatic carbocycles. The Labute approximate surface area is 145 Å². The molecule has 4 aliphatic heterocycles. The van der Waals surface area contributed by atoms with Crippen molar-refractivity contribution in [2.75, 3.05) is 24.7 Å². The van der Waals surface area contributed by atoms with Gasteiger partial charge < -0.3 is 14.2 Å². The van der Waals surface area contributed by atoms with Crippen molar-refractivity contribution in [2.45, 2.75) is 24.7 Å². The van der Waals surface area contributed by atoms with E-state index in [1.54, 1.807) is 0 Å². The fourth-order valence-electron chi connectivity index (χ4n) is 4.13. The first-order valence-electron chi connectivity index (χ1n) is 8.60. The molecule has 0 aromatic heterocycles. The summed E-state index contributed by atoms with van der Waals surface area (Å²) in [6, 6.07) is 7.44. The molecule has 0 spiro atoms. The molecule has 130 valence electrons. The first kappa shape index (κ1) is 15.3. The average molecular weight is 341 g/mol. The number of benzene rings is 1. The predicted molar refractivity (Wildman–Crippen MR) is 88.0 cm³/mol. The molecule has 0 unspecified atom stereocenters. The van der Waals surface area contributed by atoms with Gasteiger partial charge in [0.2, 0.25) is 11.8 Å². The summed E-state index contributed by atoms with van der Waals surface area (Å²) in [5, 5.41) is 0. The molecule has 6 heteroatoms. The first-order chi connectivity index (χ1) is 12.1. The highest BCUT2D eigenvalue weighted by Crippen LogP contribution is 2.52. The summed E-state index contributed by atoms with van der Waals surface area (Å²) < 4.78 is 16.9. The van der Waals surface area contributed by atoms with Gasteiger partial charge in [-0.2, -0.15) is 0 Å². The number of fused-ring (bicyclic) bond motifs is 5. The Morgan fingerprint density at radius 1 is 1.24 bits per heavy atom. The Morgan fingerprint density at radius 3 is 2.72 bits per heavy atom. The number of hydrogen-bond donors (Lipinski definition) is 0. The van der Waals surface area contributed by atoms with E-state index in [-0.39, 0.29) is 30.6 Å². The SMILES string of the molecule is Cc1ccc(N2C(=O)[C@@H]3[C@H]4C=C[C@@](COC[C@H]5CO5)(O4)[C@H]3C2=O)cc1. The molecular formula is C19H19NO5. The third-order valence-corrected chi connectivity index (χ3v) is 5.48. The average Bonchev–Trinajstić information content (AvgIpc) is 3.15. The van der Waals surface area contributed by atoms with Gasteiger partial charge >= 0.3 is 0 Å². The van der Waals surface area contributed by atoms with Crippen LogP contribution >= 0.6 is 0 Å². The monoisotopic (exact) mass is 341 g/mol. The number of carbonyl (C=O) groups excluding carboxylic acids is 2. The Bertz CT molecular complexity index is 769. The fourth-order valence-corrected chi connectivity index (χ4v) is 4.13. The maximum absolute atomic E-state index is 13.1. The van der Waals surface area contributed by atoms with Gasteiger partial charge in [-0.05, 0) is 19.1 Å². The molecule has 3 saturated heterocycles. The predicted octanol–water partition coefficient (Wildman–Crippen LogP) is 1.22. The maximum Gasteiger partial charge on any atom is 0.241 e. The largest absolute Gasteiger partial charge is 0.375 e. The smallest absolute Gasteiger partial charge is 0.241 e. The van der Waals surface area contributed by atoms with Gasteiger partial charge in [-0.1, -0.05) is 29.8 Å². The van der Waals surface area contributed by atoms with Crippen LogP contribution in [0.2, 0.25) is 0 Å². The zero-order valence-electron chi connectivity index (χ0n) is 13.9. The van der Waals surface area contributed by atoms with Crippen LogP contribution in [0.25, 0.3) is 0 Å². The van der Waals surface area contributed by atoms with E-state index in [4.69, 9.17) is 14.2 Å². The summed E-state index contributed by atoms with van der Waals surface area (Å²) in [6.45, 7) is 3.45. The molecule has 4 aliphatic rings. The van der Waals surface area contributed by atoms with Gasteiger partial charge in [-0.25, -0.2) is 4.90 Å². The highest BCUT2D eigenvalue weighted by Gasteiger charge is 2.67. The lowest BCUT2D eigenvalue weighted by Crippen LogP contribution is -2.44. The minimum absolute atomic E-state index is 0.153. The second-order valence-corrected chi connectivity index (χ2v) is 7.22. The molecule has 0 saturated carbocycles. The number of nitrogens with zero attached hydrogens (tertiary/aromatic N) is 1. The Balaban J connectivity index is 1.43. The number of ether oxygens (including phenoxy) is 3. The molecule has 5 rings (SSSR count). The zero-order valence-corrected chi connectivity index (χ0v) is 13.9. The second kappa shape index (κ2) is 5.24. The molecule has 4 heterocycles. The Morgan fingerprint density at radius 2 is 2.00 bits per heavy atom. The highest BCUT2D eigenvalue weighted by atomic mass is 16.6. The molecule has 25 heavy (non-hydrogen) atoms. The van der Waals surface area contributed by atoms with E-state index in [9.17, 15) is 9.59 Å². The highest BCUT2D eigenvalue weighted by molar-refractivity contribution is 6.23. The van der Waals surface area contributed by atoms with Gasteiger partial charge in [0.15, 0.2) is 0 Å². The quantitative estimate of drug-likeness (QED) is 0.458. The second-order valence-electron chi connectivity index (χ2n) is 7.22. The summed E-state index contributed by atoms with van der Waals surface area (Å²) in [5.41, 5.74) is 0.869. The number of aryl methyl sites for hydroxylation is 1. The minimum atomic E-state index is -0.837. The lowest BCUT2D eigenvalue weighted by molar-refractivity contribution is -0.129. The fraction of sp³-hybridized carbons (Fsp3) is 0.474. The number of anilines is 1. The van der Waals surface area contributed by atoms with Crippen LogP contribution in [0, 0.1) is 18.8 Å². The van der Waals surface area contributed by atoms with E-state index in [0.717, 1.165) is 12.2 Å². The van der Waals surface area contributed by atoms with Crippen LogP contribution in [0.3, 0.4) is 0 Å². The molecule has 2 amide bonds. The summed E-state index contributed by atoms with van der Waals surface area (Å²) in [4.78, 5) is 27.4. The van der Waals surface area contributed by atoms with Crippen LogP contribution in [0.15, 0.2) is 36.4 Å². The normalized spacial score (nSPS) is 37.9. The minimum Gasteiger partial charge on any atom is -0.375 e. The number of hydrogen-bond acceptors (Lipinski definition) is 5. The number of rotatable bonds is 5. The summed E-state index contributed by atoms with van der Waals surface area (Å²) >= 11 is 0. The van der Waals surface area contributed by atoms with Gasteiger partial charge in [-0.15, -0.1) is 0 Å². The van der Waals surface area contributed by atoms with E-state index in [1.807, 2.05) is 43.3 Å². The maximum atomic E-state index is 13.1. The van der Waals surface area contributed by atoms with Gasteiger partial charge in [0.25, 0.3) is 0 Å². The Hall–Kier alpha value is -2.02. The van der Waals surface area contributed by atoms with Crippen molar-refractivity contribution in [3.05, 3.63) is 42.0 Å². The lowest BCUT2D eigenvalue weighted by atomic mass is 9.77. The summed E-state index contributed by atoms with van der Waals surface area (Å²) in [6.07, 6.45) is 3.59. The summed E-state index contributed by atoms with van der Waals surface area (Å²) in [7, 11) is 0. The van der Waals surface area contributed by atoms with Crippen LogP contribution in [-0.4, -0.2) is 49.4 Å². The molecule has 6 nitrogen and oxygen atoms in total. The molecule has 3 fully saturated rings. The molecule has 5 atom stereocenters. The van der Waals surface area contributed by atoms with Crippen molar-refractivity contribution >= 4 is 17.5 Å². The standard InChI is InChI=1S/C19H19NO5/c1-11-2-4-12(5-3-11)20-17(21)15-14-6-7-19(25-14,16(15)18(20)22)10-23-8-13-9-24-13/h2-7,13-16H,8-10H2,1H3/t13-,14+,15+,16+,19-/m0/s1. The van der Waals surface area contributed by atoms with Crippen molar-refractivity contribution in [1.82, 2.24) is 0 Å². The summed E-state index contributed by atoms with van der Waals surface area (Å²) in [5.74, 6) is -1.35. The number of imide groups is 1. The van der Waals surface area contributed by atoms with Crippen molar-refractivity contribution in [2.24, 2.45) is 11.8 Å². The lowest BCUT2D eigenvalue weighted by Gasteiger charge is -2.28. The van der Waals surface area contributed by atoms with E-state index < -0.39 is 17.4 Å². The van der Waals surface area contributed by atoms with Crippen molar-refractivity contribution in [1.29, 1.82) is 0 Å². The number of epoxide rings is 1. The molecule has 2 bridgehead atoms. The van der Waals surface area contributed by atoms with Crippen LogP contribution < -0.4 is 4.90 Å². The first-order valence-corrected chi connectivity index (χ1v) is 8.60. The number of amides is 2. The topological polar surface area (TPSA) is 68.4 Å². The van der Waals surface area contributed by atoms with Crippen LogP contribution in [-0.2, 0) is 23.8 Å². The van der Waals surface area contributed by atoms with Crippen LogP contribution in [0.1, 0.15) is 5.56 Å². The van der Waals surface area contributed by atoms with Crippen molar-refractivity contribution in [3.63, 3.8) is 0 Å². The van der Waals surface area contributed by atoms with Gasteiger partial charge in [0.1, 0.15) is 11.7 Å². The zero-order chi connectivity index (χ0) is 17.2. The molecular weight excluding hydrogens is 322 g/mol. The third kappa shape index (κ3) is 2.21. The van der Waals surface area contributed by atoms with Gasteiger partial charge in [-0.3, -0.25) is 9.59 Å². The van der Waals surface area contributed by atoms with Crippen molar-refractivity contribution in [3.8, 4) is 0 Å². The van der Waals surface area contributed by atoms with E-state index in [2.05, 4.69) is 0 Å². The van der Waals surface area contributed by atoms with E-state index in [1.165, 1.54) is 4.90 Å².